The van der Waals surface area contributed by atoms with E-state index in [-0.39, 0.29) is 24.2 Å². The first-order valence-corrected chi connectivity index (χ1v) is 14.3. The molecule has 2 atom stereocenters. The Morgan fingerprint density at radius 3 is 2.43 bits per heavy atom. The summed E-state index contributed by atoms with van der Waals surface area (Å²) in [6, 6.07) is 0. The fourth-order valence-corrected chi connectivity index (χ4v) is 7.61. The van der Waals surface area contributed by atoms with Crippen LogP contribution in [0.15, 0.2) is 0 Å². The maximum absolute atomic E-state index is 13.3. The van der Waals surface area contributed by atoms with E-state index in [9.17, 15) is 9.36 Å². The van der Waals surface area contributed by atoms with Crippen molar-refractivity contribution in [2.24, 2.45) is 5.41 Å². The Morgan fingerprint density at radius 1 is 1.23 bits per heavy atom. The smallest absolute Gasteiger partial charge is 0.327 e. The molecule has 1 saturated heterocycles. The molecule has 2 unspecified atom stereocenters. The van der Waals surface area contributed by atoms with Gasteiger partial charge in [-0.15, -0.1) is 0 Å². The zero-order valence-corrected chi connectivity index (χ0v) is 21.7. The molecule has 0 aromatic carbocycles. The minimum Gasteiger partial charge on any atom is -0.464 e. The fraction of sp³-hybridized carbons (Fsp3) is 0.952. The number of carbonyl (C=O) groups excluding carboxylic acids is 1. The first kappa shape index (κ1) is 27.9. The standard InChI is InChI=1S/C21H43N2O5PS/c1-8-9-18(2)28-29(25,22-20(3,4)5)30-17-16-27-19(24)21(6,7)10-11-23-12-14-26-15-13-23/h18H,8-17H2,1-7H3,(H,22,25). The van der Waals surface area contributed by atoms with Crippen molar-refractivity contribution < 1.29 is 23.4 Å². The topological polar surface area (TPSA) is 77.1 Å². The van der Waals surface area contributed by atoms with E-state index in [1.807, 2.05) is 41.5 Å². The molecule has 1 N–H and O–H groups in total. The van der Waals surface area contributed by atoms with Gasteiger partial charge in [0.1, 0.15) is 6.61 Å². The van der Waals surface area contributed by atoms with E-state index >= 15 is 0 Å². The van der Waals surface area contributed by atoms with Crippen LogP contribution in [0.4, 0.5) is 0 Å². The maximum atomic E-state index is 13.3. The van der Waals surface area contributed by atoms with Crippen molar-refractivity contribution in [3.05, 3.63) is 0 Å². The minimum atomic E-state index is -3.10. The highest BCUT2D eigenvalue weighted by molar-refractivity contribution is 8.56. The molecule has 1 aliphatic rings. The quantitative estimate of drug-likeness (QED) is 0.238. The Balaban J connectivity index is 2.47. The van der Waals surface area contributed by atoms with Gasteiger partial charge in [-0.1, -0.05) is 24.7 Å². The third-order valence-electron chi connectivity index (χ3n) is 4.77. The fourth-order valence-electron chi connectivity index (χ4n) is 3.05. The zero-order chi connectivity index (χ0) is 22.8. The molecule has 1 heterocycles. The Morgan fingerprint density at radius 2 is 1.87 bits per heavy atom. The van der Waals surface area contributed by atoms with Crippen LogP contribution >= 0.6 is 18.1 Å². The molecular formula is C21H43N2O5PS. The molecule has 0 radical (unpaired) electrons. The van der Waals surface area contributed by atoms with Crippen LogP contribution in [0.1, 0.15) is 67.7 Å². The lowest BCUT2D eigenvalue weighted by atomic mass is 9.89. The van der Waals surface area contributed by atoms with Gasteiger partial charge in [0.25, 0.3) is 0 Å². The molecular weight excluding hydrogens is 423 g/mol. The summed E-state index contributed by atoms with van der Waals surface area (Å²) in [5, 5.41) is 3.14. The number of rotatable bonds is 13. The molecule has 0 aromatic heterocycles. The summed E-state index contributed by atoms with van der Waals surface area (Å²) in [5.41, 5.74) is -0.894. The van der Waals surface area contributed by atoms with Gasteiger partial charge in [-0.05, 0) is 60.9 Å². The van der Waals surface area contributed by atoms with Crippen molar-refractivity contribution in [1.29, 1.82) is 0 Å². The molecule has 7 nitrogen and oxygen atoms in total. The Hall–Kier alpha value is -0.110. The molecule has 0 amide bonds. The summed E-state index contributed by atoms with van der Waals surface area (Å²) in [4.78, 5) is 14.9. The van der Waals surface area contributed by atoms with E-state index in [1.54, 1.807) is 0 Å². The molecule has 0 spiro atoms. The van der Waals surface area contributed by atoms with Crippen LogP contribution in [0.3, 0.4) is 0 Å². The van der Waals surface area contributed by atoms with Crippen molar-refractivity contribution in [3.8, 4) is 0 Å². The number of hydrogen-bond acceptors (Lipinski definition) is 7. The van der Waals surface area contributed by atoms with Crippen molar-refractivity contribution in [3.63, 3.8) is 0 Å². The van der Waals surface area contributed by atoms with Crippen LogP contribution in [0.2, 0.25) is 0 Å². The number of morpholine rings is 1. The molecule has 178 valence electrons. The van der Waals surface area contributed by atoms with Crippen molar-refractivity contribution in [1.82, 2.24) is 9.99 Å². The Kier molecular flexibility index (Phi) is 11.9. The number of carbonyl (C=O) groups is 1. The van der Waals surface area contributed by atoms with E-state index < -0.39 is 12.1 Å². The first-order valence-electron chi connectivity index (χ1n) is 11.1. The monoisotopic (exact) mass is 466 g/mol. The number of nitrogens with zero attached hydrogens (tertiary/aromatic N) is 1. The highest BCUT2D eigenvalue weighted by Gasteiger charge is 2.33. The number of hydrogen-bond donors (Lipinski definition) is 1. The SMILES string of the molecule is CCCC(C)OP(=O)(NC(C)(C)C)SCCOC(=O)C(C)(C)CCN1CCOCC1. The van der Waals surface area contributed by atoms with Crippen LogP contribution in [-0.4, -0.2) is 67.7 Å². The molecule has 0 aromatic rings. The van der Waals surface area contributed by atoms with Crippen LogP contribution in [0.25, 0.3) is 0 Å². The summed E-state index contributed by atoms with van der Waals surface area (Å²) < 4.78 is 30.1. The average Bonchev–Trinajstić information content (AvgIpc) is 2.63. The van der Waals surface area contributed by atoms with Gasteiger partial charge in [0.05, 0.1) is 24.7 Å². The second-order valence-electron chi connectivity index (χ2n) is 9.62. The molecule has 1 rings (SSSR count). The largest absolute Gasteiger partial charge is 0.464 e. The lowest BCUT2D eigenvalue weighted by Gasteiger charge is -2.30. The highest BCUT2D eigenvalue weighted by Crippen LogP contribution is 2.58. The van der Waals surface area contributed by atoms with E-state index in [0.29, 0.717) is 5.75 Å². The molecule has 0 saturated carbocycles. The number of nitrogens with one attached hydrogen (secondary N) is 1. The van der Waals surface area contributed by atoms with Gasteiger partial charge >= 0.3 is 12.7 Å². The van der Waals surface area contributed by atoms with E-state index in [2.05, 4.69) is 16.9 Å². The second-order valence-corrected chi connectivity index (χ2v) is 13.9. The van der Waals surface area contributed by atoms with Crippen molar-refractivity contribution in [2.45, 2.75) is 79.4 Å². The zero-order valence-electron chi connectivity index (χ0n) is 20.0. The van der Waals surface area contributed by atoms with E-state index in [1.165, 1.54) is 11.4 Å². The number of ether oxygens (including phenoxy) is 2. The van der Waals surface area contributed by atoms with Gasteiger partial charge in [-0.25, -0.2) is 5.09 Å². The summed E-state index contributed by atoms with van der Waals surface area (Å²) in [7, 11) is 0. The van der Waals surface area contributed by atoms with Crippen LogP contribution in [0, 0.1) is 5.41 Å². The predicted molar refractivity (Wildman–Crippen MR) is 125 cm³/mol. The molecule has 0 bridgehead atoms. The summed E-state index contributed by atoms with van der Waals surface area (Å²) >= 11 is 1.22. The van der Waals surface area contributed by atoms with E-state index in [4.69, 9.17) is 14.0 Å². The molecule has 0 aliphatic carbocycles. The summed E-state index contributed by atoms with van der Waals surface area (Å²) in [5.74, 6) is 0.208. The van der Waals surface area contributed by atoms with Gasteiger partial charge in [0.15, 0.2) is 0 Å². The lowest BCUT2D eigenvalue weighted by molar-refractivity contribution is -0.153. The third-order valence-corrected chi connectivity index (χ3v) is 9.14. The van der Waals surface area contributed by atoms with Crippen molar-refractivity contribution >= 4 is 24.1 Å². The molecule has 9 heteroatoms. The van der Waals surface area contributed by atoms with Crippen LogP contribution in [0.5, 0.6) is 0 Å². The van der Waals surface area contributed by atoms with Gasteiger partial charge in [-0.2, -0.15) is 0 Å². The summed E-state index contributed by atoms with van der Waals surface area (Å²) in [6.07, 6.45) is 2.46. The third kappa shape index (κ3) is 11.5. The highest BCUT2D eigenvalue weighted by atomic mass is 32.7. The normalized spacial score (nSPS) is 19.3. The Labute approximate surface area is 187 Å². The molecule has 30 heavy (non-hydrogen) atoms. The summed E-state index contributed by atoms with van der Waals surface area (Å²) in [6.45, 7) is 15.1. The lowest BCUT2D eigenvalue weighted by Crippen LogP contribution is -2.39. The second kappa shape index (κ2) is 12.8. The van der Waals surface area contributed by atoms with Crippen LogP contribution in [-0.2, 0) is 23.4 Å². The van der Waals surface area contributed by atoms with Gasteiger partial charge < -0.3 is 14.0 Å². The first-order chi connectivity index (χ1) is 13.9. The van der Waals surface area contributed by atoms with E-state index in [0.717, 1.165) is 52.1 Å². The van der Waals surface area contributed by atoms with Crippen molar-refractivity contribution in [2.75, 3.05) is 45.2 Å². The van der Waals surface area contributed by atoms with Gasteiger partial charge in [0.2, 0.25) is 0 Å². The van der Waals surface area contributed by atoms with Gasteiger partial charge in [-0.3, -0.25) is 14.3 Å². The molecule has 1 aliphatic heterocycles. The van der Waals surface area contributed by atoms with Crippen LogP contribution < -0.4 is 5.09 Å². The average molecular weight is 467 g/mol. The number of esters is 1. The minimum absolute atomic E-state index is 0.0927. The van der Waals surface area contributed by atoms with Gasteiger partial charge in [0, 0.05) is 24.4 Å². The molecule has 1 fully saturated rings. The predicted octanol–water partition coefficient (Wildman–Crippen LogP) is 4.71. The maximum Gasteiger partial charge on any atom is 0.327 e. The Bertz CT molecular complexity index is 562.